The van der Waals surface area contributed by atoms with Gasteiger partial charge in [-0.05, 0) is 102 Å². The Balaban J connectivity index is 1.44. The number of nitrogens with two attached hydrogens (primary N) is 1. The molecule has 1 aromatic heterocycles. The number of aryl methyl sites for hydroxylation is 1. The van der Waals surface area contributed by atoms with Crippen molar-refractivity contribution in [1.29, 1.82) is 0 Å². The predicted octanol–water partition coefficient (Wildman–Crippen LogP) is 6.00. The molecule has 5 rings (SSSR count). The summed E-state index contributed by atoms with van der Waals surface area (Å²) in [4.78, 5) is 43.0. The number of rotatable bonds is 21. The molecule has 52 heavy (non-hydrogen) atoms. The number of nitrogens with zero attached hydrogens (tertiary/aromatic N) is 2. The van der Waals surface area contributed by atoms with Crippen molar-refractivity contribution in [1.82, 2.24) is 10.3 Å². The van der Waals surface area contributed by atoms with Crippen LogP contribution in [-0.2, 0) is 27.2 Å². The van der Waals surface area contributed by atoms with Crippen molar-refractivity contribution in [3.8, 4) is 0 Å². The Morgan fingerprint density at radius 2 is 1.87 bits per heavy atom. The van der Waals surface area contributed by atoms with Crippen LogP contribution in [0, 0.1) is 11.8 Å². The minimum absolute atomic E-state index is 0.000153. The normalized spacial score (nSPS) is 21.4. The summed E-state index contributed by atoms with van der Waals surface area (Å²) in [5.41, 5.74) is 10.3. The lowest BCUT2D eigenvalue weighted by Crippen LogP contribution is -2.49. The fourth-order valence-electron chi connectivity index (χ4n) is 8.23. The first-order valence-electron chi connectivity index (χ1n) is 18.9. The number of H-pyrrole nitrogens is 1. The number of carboxylic acid groups (broad SMARTS) is 1. The molecule has 0 spiro atoms. The van der Waals surface area contributed by atoms with Gasteiger partial charge in [0.25, 0.3) is 0 Å². The summed E-state index contributed by atoms with van der Waals surface area (Å²) in [6.45, 7) is -0.0505. The summed E-state index contributed by atoms with van der Waals surface area (Å²) in [6, 6.07) is 13.2. The molecular weight excluding hydrogens is 658 g/mol. The van der Waals surface area contributed by atoms with Gasteiger partial charge in [-0.15, -0.1) is 0 Å². The van der Waals surface area contributed by atoms with Gasteiger partial charge in [0.2, 0.25) is 0 Å². The second kappa shape index (κ2) is 19.4. The van der Waals surface area contributed by atoms with Gasteiger partial charge < -0.3 is 46.3 Å². The van der Waals surface area contributed by atoms with Gasteiger partial charge in [0.15, 0.2) is 5.96 Å². The first-order valence-corrected chi connectivity index (χ1v) is 18.9. The Hall–Kier alpha value is -4.48. The van der Waals surface area contributed by atoms with Crippen molar-refractivity contribution in [3.63, 3.8) is 0 Å². The third kappa shape index (κ3) is 10.5. The number of guanidine groups is 1. The van der Waals surface area contributed by atoms with E-state index in [-0.39, 0.29) is 43.0 Å². The van der Waals surface area contributed by atoms with Crippen LogP contribution in [0.2, 0.25) is 0 Å². The number of aliphatic hydroxyl groups excluding tert-OH is 2. The monoisotopic (exact) mass is 712 g/mol. The number of carboxylic acids is 1. The second-order valence-electron chi connectivity index (χ2n) is 14.5. The minimum Gasteiger partial charge on any atom is -0.478 e. The smallest absolute Gasteiger partial charge is 0.328 e. The highest BCUT2D eigenvalue weighted by molar-refractivity contribution is 5.86. The number of aromatic nitrogens is 1. The molecule has 280 valence electrons. The maximum atomic E-state index is 12.3. The fourth-order valence-corrected chi connectivity index (χ4v) is 8.23. The van der Waals surface area contributed by atoms with Gasteiger partial charge in [0, 0.05) is 25.0 Å². The Morgan fingerprint density at radius 3 is 2.60 bits per heavy atom. The maximum absolute atomic E-state index is 12.3. The molecule has 0 unspecified atom stereocenters. The van der Waals surface area contributed by atoms with E-state index in [0.717, 1.165) is 86.7 Å². The standard InChI is InChI=1S/C41H54N5O6/c42-41-44-33(26-50)23-38(46-41)36(24-40(51)52)37(45-39-10-5-16-43-39)22-31-14-13-30-20-29-12-11-27(15-18-48)19-32(29)21-35(30)34(31)9-4-2-1-3-7-28(25-49)8-6-17-47/h5,10-12,16,18-21,24-25,28,31,33-34,37-38,43,47,50H,1-4,6-9,13-15,17,22-23,26H2,(H,51,52)(H3,42,44,46)/q-1/b36-24-/t28-,31+,33+,34+,37-,38-/m0/s1. The lowest BCUT2D eigenvalue weighted by molar-refractivity contribution is -0.131. The number of fused-ring (bicyclic) bond motifs is 2. The van der Waals surface area contributed by atoms with E-state index < -0.39 is 18.1 Å². The molecule has 1 aliphatic heterocycles. The number of nitrogens with one attached hydrogen (secondary N) is 2. The highest BCUT2D eigenvalue weighted by Crippen LogP contribution is 2.46. The van der Waals surface area contributed by atoms with Gasteiger partial charge in [-0.1, -0.05) is 80.2 Å². The maximum Gasteiger partial charge on any atom is 0.328 e. The average Bonchev–Trinajstić information content (AvgIpc) is 3.65. The molecule has 7 N–H and O–H groups in total. The highest BCUT2D eigenvalue weighted by Gasteiger charge is 2.34. The van der Waals surface area contributed by atoms with Gasteiger partial charge in [-0.3, -0.25) is 0 Å². The molecule has 0 radical (unpaired) electrons. The molecule has 1 aliphatic carbocycles. The molecule has 0 amide bonds. The van der Waals surface area contributed by atoms with Crippen LogP contribution in [-0.4, -0.2) is 76.1 Å². The number of aromatic amines is 1. The van der Waals surface area contributed by atoms with Gasteiger partial charge in [0.1, 0.15) is 12.6 Å². The molecule has 6 atom stereocenters. The summed E-state index contributed by atoms with van der Waals surface area (Å²) < 4.78 is 0. The van der Waals surface area contributed by atoms with E-state index in [9.17, 15) is 24.6 Å². The van der Waals surface area contributed by atoms with E-state index in [1.54, 1.807) is 6.20 Å². The number of benzene rings is 2. The molecule has 11 heteroatoms. The van der Waals surface area contributed by atoms with E-state index in [1.165, 1.54) is 17.2 Å². The lowest BCUT2D eigenvalue weighted by atomic mass is 9.69. The molecule has 2 heterocycles. The number of aliphatic hydroxyl groups is 2. The van der Waals surface area contributed by atoms with Crippen LogP contribution in [0.1, 0.15) is 93.2 Å². The van der Waals surface area contributed by atoms with Gasteiger partial charge in [-0.2, -0.15) is 0 Å². The number of aldehydes is 2. The van der Waals surface area contributed by atoms with E-state index in [1.807, 2.05) is 18.2 Å². The molecule has 3 aromatic rings. The van der Waals surface area contributed by atoms with Crippen molar-refractivity contribution in [3.05, 3.63) is 82.3 Å². The molecule has 11 nitrogen and oxygen atoms in total. The third-order valence-corrected chi connectivity index (χ3v) is 10.8. The van der Waals surface area contributed by atoms with E-state index >= 15 is 0 Å². The summed E-state index contributed by atoms with van der Waals surface area (Å²) in [6.07, 6.45) is 15.4. The number of carbonyl (C=O) groups excluding carboxylic acids is 2. The Morgan fingerprint density at radius 1 is 1.04 bits per heavy atom. The van der Waals surface area contributed by atoms with E-state index in [0.29, 0.717) is 37.1 Å². The van der Waals surface area contributed by atoms with Crippen LogP contribution in [0.4, 0.5) is 5.82 Å². The first kappa shape index (κ1) is 38.7. The van der Waals surface area contributed by atoms with Gasteiger partial charge in [-0.25, -0.2) is 9.79 Å². The summed E-state index contributed by atoms with van der Waals surface area (Å²) >= 11 is 0. The number of unbranched alkanes of at least 4 members (excludes halogenated alkanes) is 3. The van der Waals surface area contributed by atoms with E-state index in [2.05, 4.69) is 39.6 Å². The molecule has 0 saturated carbocycles. The Kier molecular flexibility index (Phi) is 14.4. The molecule has 0 bridgehead atoms. The quantitative estimate of drug-likeness (QED) is 0.0440. The molecule has 0 saturated heterocycles. The van der Waals surface area contributed by atoms with Gasteiger partial charge in [0.05, 0.1) is 18.7 Å². The Labute approximate surface area is 306 Å². The number of carbonyl (C=O) groups is 3. The van der Waals surface area contributed by atoms with Crippen molar-refractivity contribution >= 4 is 41.1 Å². The summed E-state index contributed by atoms with van der Waals surface area (Å²) in [5.74, 6) is 0.141. The molecule has 0 fully saturated rings. The summed E-state index contributed by atoms with van der Waals surface area (Å²) in [5, 5.41) is 39.6. The predicted molar refractivity (Wildman–Crippen MR) is 204 cm³/mol. The average molecular weight is 713 g/mol. The van der Waals surface area contributed by atoms with Crippen molar-refractivity contribution in [2.24, 2.45) is 22.6 Å². The lowest BCUT2D eigenvalue weighted by Gasteiger charge is -2.40. The second-order valence-corrected chi connectivity index (χ2v) is 14.5. The van der Waals surface area contributed by atoms with Crippen molar-refractivity contribution < 1.29 is 29.7 Å². The van der Waals surface area contributed by atoms with Gasteiger partial charge >= 0.3 is 5.97 Å². The van der Waals surface area contributed by atoms with Crippen LogP contribution >= 0.6 is 0 Å². The van der Waals surface area contributed by atoms with Crippen LogP contribution < -0.4 is 11.1 Å². The number of hydrogen-bond acceptors (Lipinski definition) is 8. The third-order valence-electron chi connectivity index (χ3n) is 10.8. The number of aliphatic imine (C=N–C) groups is 1. The SMILES string of the molecule is NC1=N[C@H](/C(=C\C(=O)O)[C@H](C[C@H]2CCc3cc4ccc(CC=O)cc4cc3[C@@H]2CCCCCC[C@H](C=O)CCCO)[N-]c2ccc[nH]2)C[C@H](CO)N1. The van der Waals surface area contributed by atoms with Crippen molar-refractivity contribution in [2.75, 3.05) is 13.2 Å². The highest BCUT2D eigenvalue weighted by atomic mass is 16.4. The zero-order valence-electron chi connectivity index (χ0n) is 30.0. The number of hydrogen-bond donors (Lipinski definition) is 6. The van der Waals surface area contributed by atoms with Crippen molar-refractivity contribution in [2.45, 2.75) is 108 Å². The Bertz CT molecular complexity index is 1690. The molecular formula is C41H54N5O6-. The fraction of sp³-hybridized carbons (Fsp3) is 0.512. The molecule has 2 aliphatic rings. The minimum atomic E-state index is -1.08. The van der Waals surface area contributed by atoms with E-state index in [4.69, 9.17) is 16.2 Å². The molecule has 2 aromatic carbocycles. The first-order chi connectivity index (χ1) is 25.3. The van der Waals surface area contributed by atoms with Crippen LogP contribution in [0.3, 0.4) is 0 Å². The van der Waals surface area contributed by atoms with Crippen LogP contribution in [0.25, 0.3) is 16.1 Å². The van der Waals surface area contributed by atoms with Crippen LogP contribution in [0.15, 0.2) is 65.3 Å². The van der Waals surface area contributed by atoms with Crippen LogP contribution in [0.5, 0.6) is 0 Å². The number of aliphatic carboxylic acids is 1. The summed E-state index contributed by atoms with van der Waals surface area (Å²) in [7, 11) is 0. The zero-order valence-corrected chi connectivity index (χ0v) is 30.0. The topological polar surface area (TPSA) is 192 Å². The zero-order chi connectivity index (χ0) is 36.9. The largest absolute Gasteiger partial charge is 0.478 e.